The van der Waals surface area contributed by atoms with Crippen LogP contribution < -0.4 is 11.1 Å². The number of carbonyl (C=O) groups is 1. The Kier molecular flexibility index (Phi) is 4.70. The summed E-state index contributed by atoms with van der Waals surface area (Å²) in [5.41, 5.74) is 6.39. The van der Waals surface area contributed by atoms with Gasteiger partial charge in [-0.2, -0.15) is 5.26 Å². The number of benzene rings is 1. The molecule has 4 nitrogen and oxygen atoms in total. The maximum absolute atomic E-state index is 13.3. The molecule has 0 aliphatic heterocycles. The number of hydrogen-bond acceptors (Lipinski definition) is 3. The lowest BCUT2D eigenvalue weighted by Crippen LogP contribution is -2.36. The Morgan fingerprint density at radius 2 is 2.05 bits per heavy atom. The van der Waals surface area contributed by atoms with E-state index in [9.17, 15) is 9.18 Å². The van der Waals surface area contributed by atoms with Gasteiger partial charge in [-0.05, 0) is 49.4 Å². The first-order chi connectivity index (χ1) is 9.58. The van der Waals surface area contributed by atoms with Crippen LogP contribution in [0.2, 0.25) is 0 Å². The summed E-state index contributed by atoms with van der Waals surface area (Å²) >= 11 is 0. The van der Waals surface area contributed by atoms with Crippen LogP contribution >= 0.6 is 0 Å². The van der Waals surface area contributed by atoms with Gasteiger partial charge in [0.05, 0.1) is 11.6 Å². The lowest BCUT2D eigenvalue weighted by Gasteiger charge is -2.27. The zero-order valence-corrected chi connectivity index (χ0v) is 11.2. The van der Waals surface area contributed by atoms with Crippen LogP contribution in [0.3, 0.4) is 0 Å². The summed E-state index contributed by atoms with van der Waals surface area (Å²) in [6.07, 6.45) is 3.40. The number of nitriles is 1. The van der Waals surface area contributed by atoms with Crippen LogP contribution in [0.25, 0.3) is 0 Å². The van der Waals surface area contributed by atoms with Crippen LogP contribution in [0, 0.1) is 23.1 Å². The van der Waals surface area contributed by atoms with Gasteiger partial charge in [-0.25, -0.2) is 4.39 Å². The van der Waals surface area contributed by atoms with Crippen LogP contribution in [0.1, 0.15) is 36.8 Å². The lowest BCUT2D eigenvalue weighted by molar-refractivity contribution is -0.122. The van der Waals surface area contributed by atoms with Crippen molar-refractivity contribution in [2.45, 2.75) is 38.3 Å². The highest BCUT2D eigenvalue weighted by atomic mass is 19.1. The quantitative estimate of drug-likeness (QED) is 0.880. The molecule has 2 rings (SSSR count). The van der Waals surface area contributed by atoms with E-state index in [-0.39, 0.29) is 11.8 Å². The molecule has 1 fully saturated rings. The Bertz CT molecular complexity index is 530. The maximum Gasteiger partial charge on any atom is 0.220 e. The van der Waals surface area contributed by atoms with E-state index >= 15 is 0 Å². The molecule has 1 aliphatic rings. The SMILES string of the molecule is N#Cc1cc(F)cc(CNC2CCC(C(N)=O)CC2)c1. The number of nitrogens with two attached hydrogens (primary N) is 1. The third-order valence-corrected chi connectivity index (χ3v) is 3.81. The molecule has 0 heterocycles. The van der Waals surface area contributed by atoms with Gasteiger partial charge < -0.3 is 11.1 Å². The summed E-state index contributed by atoms with van der Waals surface area (Å²) in [7, 11) is 0. The summed E-state index contributed by atoms with van der Waals surface area (Å²) in [5, 5.41) is 12.2. The molecule has 1 aliphatic carbocycles. The molecule has 0 radical (unpaired) electrons. The highest BCUT2D eigenvalue weighted by molar-refractivity contribution is 5.76. The third kappa shape index (κ3) is 3.78. The molecule has 0 spiro atoms. The van der Waals surface area contributed by atoms with Crippen molar-refractivity contribution in [3.8, 4) is 6.07 Å². The van der Waals surface area contributed by atoms with E-state index in [0.29, 0.717) is 18.2 Å². The molecule has 106 valence electrons. The zero-order chi connectivity index (χ0) is 14.5. The Balaban J connectivity index is 1.86. The molecular weight excluding hydrogens is 257 g/mol. The maximum atomic E-state index is 13.3. The number of carbonyl (C=O) groups excluding carboxylic acids is 1. The number of halogens is 1. The third-order valence-electron chi connectivity index (χ3n) is 3.81. The van der Waals surface area contributed by atoms with Crippen molar-refractivity contribution in [3.05, 3.63) is 35.1 Å². The Labute approximate surface area is 117 Å². The van der Waals surface area contributed by atoms with Crippen molar-refractivity contribution in [3.63, 3.8) is 0 Å². The second kappa shape index (κ2) is 6.49. The van der Waals surface area contributed by atoms with Crippen molar-refractivity contribution in [2.75, 3.05) is 0 Å². The van der Waals surface area contributed by atoms with E-state index in [1.54, 1.807) is 6.07 Å². The average Bonchev–Trinajstić information content (AvgIpc) is 2.45. The van der Waals surface area contributed by atoms with Gasteiger partial charge in [0.1, 0.15) is 5.82 Å². The first-order valence-corrected chi connectivity index (χ1v) is 6.80. The molecule has 1 aromatic rings. The normalized spacial score (nSPS) is 22.2. The molecule has 0 atom stereocenters. The number of nitrogens with one attached hydrogen (secondary N) is 1. The predicted molar refractivity (Wildman–Crippen MR) is 72.9 cm³/mol. The Morgan fingerprint density at radius 3 is 2.65 bits per heavy atom. The molecule has 0 aromatic heterocycles. The average molecular weight is 275 g/mol. The number of rotatable bonds is 4. The highest BCUT2D eigenvalue weighted by Gasteiger charge is 2.24. The minimum atomic E-state index is -0.390. The van der Waals surface area contributed by atoms with E-state index in [4.69, 9.17) is 11.0 Å². The minimum absolute atomic E-state index is 0.00703. The largest absolute Gasteiger partial charge is 0.369 e. The fraction of sp³-hybridized carbons (Fsp3) is 0.467. The van der Waals surface area contributed by atoms with Gasteiger partial charge in [0.15, 0.2) is 0 Å². The van der Waals surface area contributed by atoms with Gasteiger partial charge in [-0.1, -0.05) is 0 Å². The monoisotopic (exact) mass is 275 g/mol. The molecule has 0 saturated heterocycles. The van der Waals surface area contributed by atoms with Gasteiger partial charge in [-0.15, -0.1) is 0 Å². The van der Waals surface area contributed by atoms with Crippen LogP contribution in [0.4, 0.5) is 4.39 Å². The van der Waals surface area contributed by atoms with E-state index in [2.05, 4.69) is 5.32 Å². The molecule has 5 heteroatoms. The van der Waals surface area contributed by atoms with Gasteiger partial charge in [-0.3, -0.25) is 4.79 Å². The summed E-state index contributed by atoms with van der Waals surface area (Å²) < 4.78 is 13.3. The van der Waals surface area contributed by atoms with Crippen LogP contribution in [-0.4, -0.2) is 11.9 Å². The molecular formula is C15H18FN3O. The minimum Gasteiger partial charge on any atom is -0.369 e. The first-order valence-electron chi connectivity index (χ1n) is 6.80. The highest BCUT2D eigenvalue weighted by Crippen LogP contribution is 2.24. The van der Waals surface area contributed by atoms with Gasteiger partial charge in [0, 0.05) is 18.5 Å². The van der Waals surface area contributed by atoms with Crippen molar-refractivity contribution in [2.24, 2.45) is 11.7 Å². The molecule has 20 heavy (non-hydrogen) atoms. The smallest absolute Gasteiger partial charge is 0.220 e. The van der Waals surface area contributed by atoms with Gasteiger partial charge >= 0.3 is 0 Å². The fourth-order valence-corrected chi connectivity index (χ4v) is 2.66. The number of amides is 1. The first kappa shape index (κ1) is 14.5. The van der Waals surface area contributed by atoms with Crippen molar-refractivity contribution >= 4 is 5.91 Å². The van der Waals surface area contributed by atoms with Crippen molar-refractivity contribution < 1.29 is 9.18 Å². The van der Waals surface area contributed by atoms with E-state index in [1.807, 2.05) is 6.07 Å². The number of nitrogens with zero attached hydrogens (tertiary/aromatic N) is 1. The van der Waals surface area contributed by atoms with E-state index in [1.165, 1.54) is 12.1 Å². The van der Waals surface area contributed by atoms with Crippen molar-refractivity contribution in [1.29, 1.82) is 5.26 Å². The summed E-state index contributed by atoms with van der Waals surface area (Å²) in [6, 6.07) is 6.61. The predicted octanol–water partition coefficient (Wildman–Crippen LogP) is 1.83. The molecule has 1 aromatic carbocycles. The second-order valence-electron chi connectivity index (χ2n) is 5.29. The fourth-order valence-electron chi connectivity index (χ4n) is 2.66. The van der Waals surface area contributed by atoms with Gasteiger partial charge in [0.2, 0.25) is 5.91 Å². The second-order valence-corrected chi connectivity index (χ2v) is 5.29. The topological polar surface area (TPSA) is 78.9 Å². The van der Waals surface area contributed by atoms with E-state index in [0.717, 1.165) is 31.2 Å². The Hall–Kier alpha value is -1.93. The zero-order valence-electron chi connectivity index (χ0n) is 11.2. The van der Waals surface area contributed by atoms with Crippen LogP contribution in [0.15, 0.2) is 18.2 Å². The van der Waals surface area contributed by atoms with E-state index < -0.39 is 5.82 Å². The molecule has 0 bridgehead atoms. The van der Waals surface area contributed by atoms with Crippen LogP contribution in [-0.2, 0) is 11.3 Å². The number of primary amides is 1. The lowest BCUT2D eigenvalue weighted by atomic mass is 9.85. The molecule has 1 saturated carbocycles. The molecule has 3 N–H and O–H groups in total. The van der Waals surface area contributed by atoms with Crippen molar-refractivity contribution in [1.82, 2.24) is 5.32 Å². The Morgan fingerprint density at radius 1 is 1.35 bits per heavy atom. The van der Waals surface area contributed by atoms with Crippen LogP contribution in [0.5, 0.6) is 0 Å². The molecule has 1 amide bonds. The molecule has 0 unspecified atom stereocenters. The summed E-state index contributed by atoms with van der Waals surface area (Å²) in [5.74, 6) is -0.613. The summed E-state index contributed by atoms with van der Waals surface area (Å²) in [6.45, 7) is 0.526. The summed E-state index contributed by atoms with van der Waals surface area (Å²) in [4.78, 5) is 11.1. The standard InChI is InChI=1S/C15H18FN3O/c16-13-6-10(8-17)5-11(7-13)9-19-14-3-1-12(2-4-14)15(18)20/h5-7,12,14,19H,1-4,9H2,(H2,18,20). The number of hydrogen-bond donors (Lipinski definition) is 2. The van der Waals surface area contributed by atoms with Gasteiger partial charge in [0.25, 0.3) is 0 Å².